The van der Waals surface area contributed by atoms with Gasteiger partial charge in [-0.25, -0.2) is 0 Å². The Morgan fingerprint density at radius 1 is 1.42 bits per heavy atom. The van der Waals surface area contributed by atoms with Crippen LogP contribution in [0.5, 0.6) is 0 Å². The molecule has 19 heavy (non-hydrogen) atoms. The molecule has 0 saturated heterocycles. The summed E-state index contributed by atoms with van der Waals surface area (Å²) in [5, 5.41) is 3.62. The van der Waals surface area contributed by atoms with E-state index in [0.29, 0.717) is 18.7 Å². The molecule has 2 rings (SSSR count). The smallest absolute Gasteiger partial charge is 0.221 e. The van der Waals surface area contributed by atoms with E-state index >= 15 is 0 Å². The minimum absolute atomic E-state index is 0.0322. The number of anilines is 2. The highest BCUT2D eigenvalue weighted by molar-refractivity contribution is 5.98. The first-order chi connectivity index (χ1) is 9.13. The third kappa shape index (κ3) is 2.76. The van der Waals surface area contributed by atoms with Crippen LogP contribution in [0.4, 0.5) is 11.4 Å². The van der Waals surface area contributed by atoms with Gasteiger partial charge in [-0.15, -0.1) is 0 Å². The van der Waals surface area contributed by atoms with Crippen molar-refractivity contribution in [3.05, 3.63) is 30.5 Å². The number of fused-ring (bicyclic) bond motifs is 1. The van der Waals surface area contributed by atoms with Gasteiger partial charge in [-0.1, -0.05) is 12.1 Å². The third-order valence-electron chi connectivity index (χ3n) is 3.14. The molecule has 5 heteroatoms. The Bertz CT molecular complexity index is 597. The van der Waals surface area contributed by atoms with Crippen LogP contribution in [0.15, 0.2) is 30.5 Å². The van der Waals surface area contributed by atoms with Crippen LogP contribution in [0.1, 0.15) is 6.42 Å². The lowest BCUT2D eigenvalue weighted by molar-refractivity contribution is -0.120. The molecular weight excluding hydrogens is 240 g/mol. The van der Waals surface area contributed by atoms with E-state index in [-0.39, 0.29) is 5.91 Å². The van der Waals surface area contributed by atoms with E-state index in [4.69, 9.17) is 5.73 Å². The number of amides is 1. The highest BCUT2D eigenvalue weighted by Crippen LogP contribution is 2.27. The second-order valence-corrected chi connectivity index (χ2v) is 4.42. The second-order valence-electron chi connectivity index (χ2n) is 4.42. The number of hydrogen-bond donors (Lipinski definition) is 2. The van der Waals surface area contributed by atoms with Crippen molar-refractivity contribution < 1.29 is 4.79 Å². The fraction of sp³-hybridized carbons (Fsp3) is 0.286. The number of nitrogens with one attached hydrogen (secondary N) is 1. The average molecular weight is 258 g/mol. The Hall–Kier alpha value is -2.30. The Morgan fingerprint density at radius 3 is 2.95 bits per heavy atom. The first-order valence-corrected chi connectivity index (χ1v) is 6.18. The molecule has 0 unspecified atom stereocenters. The van der Waals surface area contributed by atoms with Crippen molar-refractivity contribution in [3.8, 4) is 0 Å². The van der Waals surface area contributed by atoms with Crippen molar-refractivity contribution in [2.24, 2.45) is 0 Å². The standard InChI is InChI=1S/C14H18N4O/c1-16-13(19)7-9-18(2)12-6-8-17-14-10(12)4-3-5-11(14)15/h3-6,8H,7,9,15H2,1-2H3,(H,16,19). The van der Waals surface area contributed by atoms with Crippen LogP contribution >= 0.6 is 0 Å². The summed E-state index contributed by atoms with van der Waals surface area (Å²) < 4.78 is 0. The van der Waals surface area contributed by atoms with Crippen molar-refractivity contribution in [1.82, 2.24) is 10.3 Å². The predicted octanol–water partition coefficient (Wildman–Crippen LogP) is 1.39. The number of aromatic nitrogens is 1. The molecule has 0 aliphatic carbocycles. The summed E-state index contributed by atoms with van der Waals surface area (Å²) in [5.74, 6) is 0.0322. The first-order valence-electron chi connectivity index (χ1n) is 6.18. The maximum atomic E-state index is 11.3. The van der Waals surface area contributed by atoms with Gasteiger partial charge in [-0.2, -0.15) is 0 Å². The van der Waals surface area contributed by atoms with Crippen LogP contribution < -0.4 is 16.0 Å². The number of nitrogens with two attached hydrogens (primary N) is 1. The van der Waals surface area contributed by atoms with Gasteiger partial charge < -0.3 is 16.0 Å². The summed E-state index contributed by atoms with van der Waals surface area (Å²) in [6.45, 7) is 0.646. The van der Waals surface area contributed by atoms with Gasteiger partial charge >= 0.3 is 0 Å². The molecule has 100 valence electrons. The number of rotatable bonds is 4. The van der Waals surface area contributed by atoms with Gasteiger partial charge in [0.05, 0.1) is 11.2 Å². The molecule has 0 radical (unpaired) electrons. The minimum Gasteiger partial charge on any atom is -0.397 e. The van der Waals surface area contributed by atoms with Crippen molar-refractivity contribution in [2.45, 2.75) is 6.42 Å². The lowest BCUT2D eigenvalue weighted by Gasteiger charge is -2.20. The fourth-order valence-corrected chi connectivity index (χ4v) is 2.03. The van der Waals surface area contributed by atoms with Gasteiger partial charge in [0, 0.05) is 44.3 Å². The number of pyridine rings is 1. The monoisotopic (exact) mass is 258 g/mol. The van der Waals surface area contributed by atoms with Crippen molar-refractivity contribution in [2.75, 3.05) is 31.3 Å². The summed E-state index contributed by atoms with van der Waals surface area (Å²) in [4.78, 5) is 17.6. The van der Waals surface area contributed by atoms with E-state index in [1.165, 1.54) is 0 Å². The Labute approximate surface area is 112 Å². The average Bonchev–Trinajstić information content (AvgIpc) is 2.44. The minimum atomic E-state index is 0.0322. The second kappa shape index (κ2) is 5.56. The van der Waals surface area contributed by atoms with Crippen LogP contribution in [0, 0.1) is 0 Å². The summed E-state index contributed by atoms with van der Waals surface area (Å²) >= 11 is 0. The van der Waals surface area contributed by atoms with Crippen LogP contribution in [0.2, 0.25) is 0 Å². The molecule has 0 aliphatic rings. The van der Waals surface area contributed by atoms with Gasteiger partial charge in [0.1, 0.15) is 0 Å². The van der Waals surface area contributed by atoms with Crippen LogP contribution in [0.3, 0.4) is 0 Å². The summed E-state index contributed by atoms with van der Waals surface area (Å²) in [6, 6.07) is 7.68. The van der Waals surface area contributed by atoms with Gasteiger partial charge in [0.2, 0.25) is 5.91 Å². The SMILES string of the molecule is CNC(=O)CCN(C)c1ccnc2c(N)cccc12. The molecule has 1 amide bonds. The molecule has 5 nitrogen and oxygen atoms in total. The number of benzene rings is 1. The van der Waals surface area contributed by atoms with Crippen LogP contribution in [0.25, 0.3) is 10.9 Å². The summed E-state index contributed by atoms with van der Waals surface area (Å²) in [7, 11) is 3.60. The van der Waals surface area contributed by atoms with E-state index in [9.17, 15) is 4.79 Å². The quantitative estimate of drug-likeness (QED) is 0.813. The number of hydrogen-bond acceptors (Lipinski definition) is 4. The lowest BCUT2D eigenvalue weighted by Crippen LogP contribution is -2.26. The van der Waals surface area contributed by atoms with Crippen LogP contribution in [-0.4, -0.2) is 31.5 Å². The molecule has 0 fully saturated rings. The number of nitrogen functional groups attached to an aromatic ring is 1. The molecule has 0 atom stereocenters. The topological polar surface area (TPSA) is 71.2 Å². The largest absolute Gasteiger partial charge is 0.397 e. The van der Waals surface area contributed by atoms with E-state index in [2.05, 4.69) is 10.3 Å². The van der Waals surface area contributed by atoms with Crippen molar-refractivity contribution in [1.29, 1.82) is 0 Å². The number of carbonyl (C=O) groups is 1. The highest BCUT2D eigenvalue weighted by Gasteiger charge is 2.09. The lowest BCUT2D eigenvalue weighted by atomic mass is 10.1. The molecule has 0 saturated carbocycles. The van der Waals surface area contributed by atoms with Gasteiger partial charge in [-0.3, -0.25) is 9.78 Å². The Kier molecular flexibility index (Phi) is 3.85. The van der Waals surface area contributed by atoms with Crippen LogP contribution in [-0.2, 0) is 4.79 Å². The van der Waals surface area contributed by atoms with E-state index < -0.39 is 0 Å². The zero-order valence-electron chi connectivity index (χ0n) is 11.2. The Balaban J connectivity index is 2.29. The van der Waals surface area contributed by atoms with E-state index in [1.54, 1.807) is 13.2 Å². The van der Waals surface area contributed by atoms with Gasteiger partial charge in [-0.05, 0) is 12.1 Å². The molecule has 1 aromatic heterocycles. The molecule has 1 aromatic carbocycles. The normalized spacial score (nSPS) is 10.4. The molecule has 2 aromatic rings. The Morgan fingerprint density at radius 2 is 2.21 bits per heavy atom. The molecular formula is C14H18N4O. The molecule has 3 N–H and O–H groups in total. The van der Waals surface area contributed by atoms with Crippen molar-refractivity contribution in [3.63, 3.8) is 0 Å². The highest BCUT2D eigenvalue weighted by atomic mass is 16.1. The maximum Gasteiger partial charge on any atom is 0.221 e. The molecule has 0 spiro atoms. The fourth-order valence-electron chi connectivity index (χ4n) is 2.03. The van der Waals surface area contributed by atoms with Gasteiger partial charge in [0.25, 0.3) is 0 Å². The number of nitrogens with zero attached hydrogens (tertiary/aromatic N) is 2. The van der Waals surface area contributed by atoms with Gasteiger partial charge in [0.15, 0.2) is 0 Å². The predicted molar refractivity (Wildman–Crippen MR) is 78.1 cm³/mol. The summed E-state index contributed by atoms with van der Waals surface area (Å²) in [5.41, 5.74) is 8.42. The number of carbonyl (C=O) groups excluding carboxylic acids is 1. The molecule has 0 aliphatic heterocycles. The van der Waals surface area contributed by atoms with E-state index in [1.807, 2.05) is 36.2 Å². The zero-order valence-corrected chi connectivity index (χ0v) is 11.2. The maximum absolute atomic E-state index is 11.3. The molecule has 0 bridgehead atoms. The number of para-hydroxylation sites is 1. The van der Waals surface area contributed by atoms with E-state index in [0.717, 1.165) is 16.6 Å². The summed E-state index contributed by atoms with van der Waals surface area (Å²) in [6.07, 6.45) is 2.20. The van der Waals surface area contributed by atoms with Crippen molar-refractivity contribution >= 4 is 28.2 Å². The third-order valence-corrected chi connectivity index (χ3v) is 3.14. The zero-order chi connectivity index (χ0) is 13.8. The molecule has 1 heterocycles. The first kappa shape index (κ1) is 13.1.